The maximum atomic E-state index is 12.0. The molecule has 94 valence electrons. The third-order valence-corrected chi connectivity index (χ3v) is 3.76. The number of aromatic nitrogens is 1. The Balaban J connectivity index is 1.85. The molecule has 3 rings (SSSR count). The van der Waals surface area contributed by atoms with E-state index in [2.05, 4.69) is 4.98 Å². The van der Waals surface area contributed by atoms with E-state index in [0.29, 0.717) is 15.8 Å². The topological polar surface area (TPSA) is 39.2 Å². The van der Waals surface area contributed by atoms with Crippen molar-refractivity contribution >= 4 is 39.1 Å². The average molecular weight is 290 g/mol. The standard InChI is InChI=1S/C14H8ClNO2S/c15-9-5-7-10(8-6-9)18-14(17)13-16-11-3-1-2-4-12(11)19-13/h1-8H. The van der Waals surface area contributed by atoms with E-state index >= 15 is 0 Å². The van der Waals surface area contributed by atoms with E-state index in [9.17, 15) is 4.79 Å². The van der Waals surface area contributed by atoms with Crippen molar-refractivity contribution in [3.8, 4) is 5.75 Å². The fourth-order valence-corrected chi connectivity index (χ4v) is 2.58. The molecule has 5 heteroatoms. The normalized spacial score (nSPS) is 10.6. The summed E-state index contributed by atoms with van der Waals surface area (Å²) in [6.07, 6.45) is 0. The van der Waals surface area contributed by atoms with Crippen molar-refractivity contribution in [2.24, 2.45) is 0 Å². The number of thiazole rings is 1. The van der Waals surface area contributed by atoms with Crippen molar-refractivity contribution < 1.29 is 9.53 Å². The van der Waals surface area contributed by atoms with Gasteiger partial charge in [0.15, 0.2) is 0 Å². The first-order valence-corrected chi connectivity index (χ1v) is 6.75. The Morgan fingerprint density at radius 2 is 1.84 bits per heavy atom. The molecule has 19 heavy (non-hydrogen) atoms. The number of halogens is 1. The zero-order chi connectivity index (χ0) is 13.2. The van der Waals surface area contributed by atoms with Crippen LogP contribution >= 0.6 is 22.9 Å². The molecule has 0 aliphatic heterocycles. The van der Waals surface area contributed by atoms with Crippen LogP contribution in [0.1, 0.15) is 9.80 Å². The minimum absolute atomic E-state index is 0.344. The summed E-state index contributed by atoms with van der Waals surface area (Å²) in [6, 6.07) is 14.2. The van der Waals surface area contributed by atoms with Crippen LogP contribution in [0.25, 0.3) is 10.2 Å². The van der Waals surface area contributed by atoms with E-state index in [1.54, 1.807) is 24.3 Å². The number of carbonyl (C=O) groups is 1. The molecule has 0 aliphatic carbocycles. The lowest BCUT2D eigenvalue weighted by atomic mass is 10.3. The van der Waals surface area contributed by atoms with Crippen LogP contribution in [-0.4, -0.2) is 11.0 Å². The smallest absolute Gasteiger partial charge is 0.372 e. The average Bonchev–Trinajstić information content (AvgIpc) is 2.85. The second-order valence-electron chi connectivity index (χ2n) is 3.83. The summed E-state index contributed by atoms with van der Waals surface area (Å²) in [5.74, 6) is -0.00261. The molecule has 3 nitrogen and oxygen atoms in total. The number of nitrogens with zero attached hydrogens (tertiary/aromatic N) is 1. The molecule has 0 aliphatic rings. The summed E-state index contributed by atoms with van der Waals surface area (Å²) in [4.78, 5) is 16.2. The second kappa shape index (κ2) is 4.99. The summed E-state index contributed by atoms with van der Waals surface area (Å²) >= 11 is 7.08. The Kier molecular flexibility index (Phi) is 3.19. The monoisotopic (exact) mass is 289 g/mol. The first-order valence-electron chi connectivity index (χ1n) is 5.56. The Labute approximate surface area is 118 Å². The van der Waals surface area contributed by atoms with E-state index in [1.807, 2.05) is 24.3 Å². The van der Waals surface area contributed by atoms with Gasteiger partial charge in [0.25, 0.3) is 0 Å². The molecule has 0 saturated carbocycles. The van der Waals surface area contributed by atoms with Crippen LogP contribution < -0.4 is 4.74 Å². The van der Waals surface area contributed by atoms with Gasteiger partial charge in [-0.1, -0.05) is 23.7 Å². The van der Waals surface area contributed by atoms with Gasteiger partial charge in [-0.3, -0.25) is 0 Å². The van der Waals surface area contributed by atoms with Crippen LogP contribution in [0.4, 0.5) is 0 Å². The third-order valence-electron chi connectivity index (χ3n) is 2.49. The second-order valence-corrected chi connectivity index (χ2v) is 5.30. The summed E-state index contributed by atoms with van der Waals surface area (Å²) in [6.45, 7) is 0. The number of esters is 1. The Morgan fingerprint density at radius 1 is 1.11 bits per heavy atom. The zero-order valence-corrected chi connectivity index (χ0v) is 11.2. The summed E-state index contributed by atoms with van der Waals surface area (Å²) in [5.41, 5.74) is 0.801. The van der Waals surface area contributed by atoms with Gasteiger partial charge >= 0.3 is 5.97 Å². The number of benzene rings is 2. The molecular weight excluding hydrogens is 282 g/mol. The Hall–Kier alpha value is -1.91. The minimum Gasteiger partial charge on any atom is -0.421 e. The molecule has 0 N–H and O–H groups in total. The van der Waals surface area contributed by atoms with Gasteiger partial charge in [-0.25, -0.2) is 9.78 Å². The van der Waals surface area contributed by atoms with Crippen LogP contribution in [-0.2, 0) is 0 Å². The van der Waals surface area contributed by atoms with Crippen LogP contribution in [0.5, 0.6) is 5.75 Å². The van der Waals surface area contributed by atoms with Crippen molar-refractivity contribution in [2.45, 2.75) is 0 Å². The van der Waals surface area contributed by atoms with Gasteiger partial charge in [-0.05, 0) is 36.4 Å². The van der Waals surface area contributed by atoms with Crippen LogP contribution in [0.3, 0.4) is 0 Å². The number of ether oxygens (including phenoxy) is 1. The lowest BCUT2D eigenvalue weighted by Crippen LogP contribution is -2.07. The molecule has 0 saturated heterocycles. The van der Waals surface area contributed by atoms with Gasteiger partial charge < -0.3 is 4.74 Å². The fraction of sp³-hybridized carbons (Fsp3) is 0. The van der Waals surface area contributed by atoms with Crippen LogP contribution in [0, 0.1) is 0 Å². The zero-order valence-electron chi connectivity index (χ0n) is 9.67. The molecule has 1 heterocycles. The Bertz CT molecular complexity index is 704. The molecule has 0 atom stereocenters. The first kappa shape index (κ1) is 12.1. The number of hydrogen-bond acceptors (Lipinski definition) is 4. The van der Waals surface area contributed by atoms with Gasteiger partial charge in [0.1, 0.15) is 5.75 Å². The molecule has 0 spiro atoms. The van der Waals surface area contributed by atoms with Crippen molar-refractivity contribution in [1.29, 1.82) is 0 Å². The largest absolute Gasteiger partial charge is 0.421 e. The number of fused-ring (bicyclic) bond motifs is 1. The number of rotatable bonds is 2. The maximum absolute atomic E-state index is 12.0. The summed E-state index contributed by atoms with van der Waals surface area (Å²) in [5, 5.41) is 0.941. The van der Waals surface area contributed by atoms with Gasteiger partial charge in [-0.15, -0.1) is 11.3 Å². The highest BCUT2D eigenvalue weighted by Crippen LogP contribution is 2.23. The fourth-order valence-electron chi connectivity index (χ4n) is 1.61. The molecule has 1 aromatic heterocycles. The molecule has 2 aromatic carbocycles. The molecule has 0 bridgehead atoms. The molecule has 3 aromatic rings. The van der Waals surface area contributed by atoms with E-state index in [4.69, 9.17) is 16.3 Å². The SMILES string of the molecule is O=C(Oc1ccc(Cl)cc1)c1nc2ccccc2s1. The van der Waals surface area contributed by atoms with Gasteiger partial charge in [-0.2, -0.15) is 0 Å². The summed E-state index contributed by atoms with van der Waals surface area (Å²) < 4.78 is 6.20. The van der Waals surface area contributed by atoms with Gasteiger partial charge in [0.2, 0.25) is 5.01 Å². The van der Waals surface area contributed by atoms with Crippen molar-refractivity contribution in [2.75, 3.05) is 0 Å². The maximum Gasteiger partial charge on any atom is 0.372 e. The number of carbonyl (C=O) groups excluding carboxylic acids is 1. The van der Waals surface area contributed by atoms with Crippen LogP contribution in [0.2, 0.25) is 5.02 Å². The lowest BCUT2D eigenvalue weighted by molar-refractivity contribution is 0.0734. The number of para-hydroxylation sites is 1. The molecule has 0 unspecified atom stereocenters. The van der Waals surface area contributed by atoms with E-state index in [1.165, 1.54) is 11.3 Å². The predicted molar refractivity (Wildman–Crippen MR) is 76.0 cm³/mol. The Morgan fingerprint density at radius 3 is 2.58 bits per heavy atom. The van der Waals surface area contributed by atoms with Crippen molar-refractivity contribution in [1.82, 2.24) is 4.98 Å². The minimum atomic E-state index is -0.455. The van der Waals surface area contributed by atoms with Crippen LogP contribution in [0.15, 0.2) is 48.5 Å². The summed E-state index contributed by atoms with van der Waals surface area (Å²) in [7, 11) is 0. The highest BCUT2D eigenvalue weighted by atomic mass is 35.5. The quantitative estimate of drug-likeness (QED) is 0.525. The van der Waals surface area contributed by atoms with Gasteiger partial charge in [0, 0.05) is 5.02 Å². The van der Waals surface area contributed by atoms with Gasteiger partial charge in [0.05, 0.1) is 10.2 Å². The molecule has 0 fully saturated rings. The van der Waals surface area contributed by atoms with E-state index in [0.717, 1.165) is 10.2 Å². The first-order chi connectivity index (χ1) is 9.22. The van der Waals surface area contributed by atoms with E-state index < -0.39 is 5.97 Å². The lowest BCUT2D eigenvalue weighted by Gasteiger charge is -2.01. The van der Waals surface area contributed by atoms with Crippen molar-refractivity contribution in [3.05, 3.63) is 58.6 Å². The number of hydrogen-bond donors (Lipinski definition) is 0. The predicted octanol–water partition coefficient (Wildman–Crippen LogP) is 4.17. The molecular formula is C14H8ClNO2S. The van der Waals surface area contributed by atoms with E-state index in [-0.39, 0.29) is 0 Å². The molecule has 0 radical (unpaired) electrons. The highest BCUT2D eigenvalue weighted by Gasteiger charge is 2.14. The highest BCUT2D eigenvalue weighted by molar-refractivity contribution is 7.20. The van der Waals surface area contributed by atoms with Crippen molar-refractivity contribution in [3.63, 3.8) is 0 Å². The third kappa shape index (κ3) is 2.59. The molecule has 0 amide bonds.